The van der Waals surface area contributed by atoms with E-state index < -0.39 is 5.91 Å². The summed E-state index contributed by atoms with van der Waals surface area (Å²) in [6.45, 7) is 4.43. The number of rotatable bonds is 5. The van der Waals surface area contributed by atoms with Crippen molar-refractivity contribution in [3.05, 3.63) is 71.3 Å². The van der Waals surface area contributed by atoms with Gasteiger partial charge < -0.3 is 4.74 Å². The quantitative estimate of drug-likeness (QED) is 0.656. The van der Waals surface area contributed by atoms with Gasteiger partial charge in [-0.05, 0) is 49.8 Å². The summed E-state index contributed by atoms with van der Waals surface area (Å²) in [6, 6.07) is 14.5. The Balaban J connectivity index is 1.85. The van der Waals surface area contributed by atoms with Gasteiger partial charge in [0.25, 0.3) is 11.8 Å². The maximum absolute atomic E-state index is 11.9. The Hall–Kier alpha value is -3.08. The molecule has 0 fully saturated rings. The third-order valence-electron chi connectivity index (χ3n) is 3.20. The third kappa shape index (κ3) is 5.28. The number of hydrogen-bond donors (Lipinski definition) is 2. The van der Waals surface area contributed by atoms with Crippen molar-refractivity contribution in [2.75, 3.05) is 6.61 Å². The van der Waals surface area contributed by atoms with Crippen LogP contribution in [0.2, 0.25) is 0 Å². The van der Waals surface area contributed by atoms with Crippen molar-refractivity contribution in [2.24, 2.45) is 0 Å². The summed E-state index contributed by atoms with van der Waals surface area (Å²) in [6.07, 6.45) is 3.01. The fraction of sp³-hybridized carbons (Fsp3) is 0.158. The zero-order valence-corrected chi connectivity index (χ0v) is 13.7. The van der Waals surface area contributed by atoms with Crippen LogP contribution in [0.1, 0.15) is 28.4 Å². The lowest BCUT2D eigenvalue weighted by molar-refractivity contribution is -0.117. The highest BCUT2D eigenvalue weighted by molar-refractivity contribution is 5.98. The standard InChI is InChI=1S/C19H20N2O3/c1-3-24-17-10-7-15(8-11-17)9-12-18(22)20-21-19(23)16-6-4-5-14(2)13-16/h4-13H,3H2,1-2H3,(H,20,22)(H,21,23)/b12-9+. The van der Waals surface area contributed by atoms with E-state index in [1.807, 2.05) is 44.2 Å². The maximum Gasteiger partial charge on any atom is 0.269 e. The SMILES string of the molecule is CCOc1ccc(/C=C/C(=O)NNC(=O)c2cccc(C)c2)cc1. The van der Waals surface area contributed by atoms with E-state index in [0.717, 1.165) is 16.9 Å². The van der Waals surface area contributed by atoms with Crippen LogP contribution in [0, 0.1) is 6.92 Å². The molecule has 2 aromatic rings. The van der Waals surface area contributed by atoms with Crippen LogP contribution in [0.25, 0.3) is 6.08 Å². The topological polar surface area (TPSA) is 67.4 Å². The summed E-state index contributed by atoms with van der Waals surface area (Å²) in [5, 5.41) is 0. The Morgan fingerprint density at radius 3 is 2.50 bits per heavy atom. The van der Waals surface area contributed by atoms with E-state index in [0.29, 0.717) is 12.2 Å². The second kappa shape index (κ2) is 8.53. The molecule has 0 saturated heterocycles. The van der Waals surface area contributed by atoms with Gasteiger partial charge in [0, 0.05) is 11.6 Å². The van der Waals surface area contributed by atoms with Gasteiger partial charge >= 0.3 is 0 Å². The van der Waals surface area contributed by atoms with Crippen LogP contribution >= 0.6 is 0 Å². The van der Waals surface area contributed by atoms with Crippen LogP contribution < -0.4 is 15.6 Å². The first-order chi connectivity index (χ1) is 11.6. The average Bonchev–Trinajstić information content (AvgIpc) is 2.59. The number of carbonyl (C=O) groups excluding carboxylic acids is 2. The minimum Gasteiger partial charge on any atom is -0.494 e. The molecule has 0 aliphatic carbocycles. The molecule has 24 heavy (non-hydrogen) atoms. The van der Waals surface area contributed by atoms with E-state index in [-0.39, 0.29) is 5.91 Å². The Bertz CT molecular complexity index is 737. The Kier molecular flexibility index (Phi) is 6.14. The molecular formula is C19H20N2O3. The molecule has 124 valence electrons. The highest BCUT2D eigenvalue weighted by Crippen LogP contribution is 2.12. The third-order valence-corrected chi connectivity index (χ3v) is 3.20. The minimum atomic E-state index is -0.412. The number of benzene rings is 2. The first kappa shape index (κ1) is 17.3. The first-order valence-corrected chi connectivity index (χ1v) is 7.66. The predicted molar refractivity (Wildman–Crippen MR) is 93.4 cm³/mol. The number of aryl methyl sites for hydroxylation is 1. The molecule has 0 saturated carbocycles. The minimum absolute atomic E-state index is 0.360. The molecule has 0 aromatic heterocycles. The molecule has 0 atom stereocenters. The van der Waals surface area contributed by atoms with E-state index in [1.165, 1.54) is 6.08 Å². The van der Waals surface area contributed by atoms with E-state index >= 15 is 0 Å². The molecule has 5 nitrogen and oxygen atoms in total. The summed E-state index contributed by atoms with van der Waals surface area (Å²) in [4.78, 5) is 23.7. The second-order valence-corrected chi connectivity index (χ2v) is 5.15. The van der Waals surface area contributed by atoms with Gasteiger partial charge in [-0.3, -0.25) is 20.4 Å². The van der Waals surface area contributed by atoms with Crippen molar-refractivity contribution in [2.45, 2.75) is 13.8 Å². The number of ether oxygens (including phenoxy) is 1. The molecule has 2 N–H and O–H groups in total. The predicted octanol–water partition coefficient (Wildman–Crippen LogP) is 2.87. The van der Waals surface area contributed by atoms with Gasteiger partial charge in [0.2, 0.25) is 0 Å². The van der Waals surface area contributed by atoms with Crippen LogP contribution in [-0.2, 0) is 4.79 Å². The lowest BCUT2D eigenvalue weighted by atomic mass is 10.1. The molecule has 2 rings (SSSR count). The van der Waals surface area contributed by atoms with Crippen molar-refractivity contribution in [3.63, 3.8) is 0 Å². The summed E-state index contributed by atoms with van der Waals surface area (Å²) in [5.74, 6) is 0.0101. The van der Waals surface area contributed by atoms with Gasteiger partial charge in [0.05, 0.1) is 6.61 Å². The fourth-order valence-corrected chi connectivity index (χ4v) is 2.03. The van der Waals surface area contributed by atoms with E-state index in [2.05, 4.69) is 10.9 Å². The van der Waals surface area contributed by atoms with Crippen LogP contribution in [0.3, 0.4) is 0 Å². The molecule has 0 unspecified atom stereocenters. The van der Waals surface area contributed by atoms with Gasteiger partial charge in [-0.25, -0.2) is 0 Å². The number of hydrazine groups is 1. The van der Waals surface area contributed by atoms with Crippen LogP contribution in [0.15, 0.2) is 54.6 Å². The van der Waals surface area contributed by atoms with Crippen LogP contribution in [-0.4, -0.2) is 18.4 Å². The van der Waals surface area contributed by atoms with Crippen molar-refractivity contribution in [1.29, 1.82) is 0 Å². The Labute approximate surface area is 141 Å². The van der Waals surface area contributed by atoms with Gasteiger partial charge in [0.1, 0.15) is 5.75 Å². The highest BCUT2D eigenvalue weighted by atomic mass is 16.5. The Morgan fingerprint density at radius 2 is 1.83 bits per heavy atom. The molecule has 0 heterocycles. The largest absolute Gasteiger partial charge is 0.494 e. The lowest BCUT2D eigenvalue weighted by Crippen LogP contribution is -2.40. The smallest absolute Gasteiger partial charge is 0.269 e. The summed E-state index contributed by atoms with van der Waals surface area (Å²) in [7, 11) is 0. The van der Waals surface area contributed by atoms with Crippen LogP contribution in [0.4, 0.5) is 0 Å². The number of nitrogens with one attached hydrogen (secondary N) is 2. The van der Waals surface area contributed by atoms with Crippen LogP contribution in [0.5, 0.6) is 5.75 Å². The van der Waals surface area contributed by atoms with Gasteiger partial charge in [-0.15, -0.1) is 0 Å². The molecule has 0 aliphatic heterocycles. The first-order valence-electron chi connectivity index (χ1n) is 7.66. The van der Waals surface area contributed by atoms with Gasteiger partial charge in [0.15, 0.2) is 0 Å². The fourth-order valence-electron chi connectivity index (χ4n) is 2.03. The van der Waals surface area contributed by atoms with Crippen molar-refractivity contribution in [1.82, 2.24) is 10.9 Å². The van der Waals surface area contributed by atoms with Crippen molar-refractivity contribution in [3.8, 4) is 5.75 Å². The molecular weight excluding hydrogens is 304 g/mol. The molecule has 0 aliphatic rings. The van der Waals surface area contributed by atoms with E-state index in [4.69, 9.17) is 4.74 Å². The van der Waals surface area contributed by atoms with Crippen molar-refractivity contribution >= 4 is 17.9 Å². The molecule has 0 radical (unpaired) electrons. The molecule has 2 aromatic carbocycles. The monoisotopic (exact) mass is 324 g/mol. The molecule has 5 heteroatoms. The maximum atomic E-state index is 11.9. The summed E-state index contributed by atoms with van der Waals surface area (Å²) >= 11 is 0. The second-order valence-electron chi connectivity index (χ2n) is 5.15. The van der Waals surface area contributed by atoms with Gasteiger partial charge in [-0.2, -0.15) is 0 Å². The number of carbonyl (C=O) groups is 2. The average molecular weight is 324 g/mol. The van der Waals surface area contributed by atoms with Crippen molar-refractivity contribution < 1.29 is 14.3 Å². The Morgan fingerprint density at radius 1 is 1.08 bits per heavy atom. The van der Waals surface area contributed by atoms with Gasteiger partial charge in [-0.1, -0.05) is 29.8 Å². The zero-order valence-electron chi connectivity index (χ0n) is 13.7. The molecule has 0 bridgehead atoms. The highest BCUT2D eigenvalue weighted by Gasteiger charge is 2.05. The van der Waals surface area contributed by atoms with E-state index in [1.54, 1.807) is 24.3 Å². The summed E-state index contributed by atoms with van der Waals surface area (Å²) in [5.41, 5.74) is 7.06. The lowest BCUT2D eigenvalue weighted by Gasteiger charge is -2.06. The number of hydrogen-bond acceptors (Lipinski definition) is 3. The number of amides is 2. The normalized spacial score (nSPS) is 10.4. The zero-order chi connectivity index (χ0) is 17.4. The molecule has 2 amide bonds. The summed E-state index contributed by atoms with van der Waals surface area (Å²) < 4.78 is 5.35. The van der Waals surface area contributed by atoms with E-state index in [9.17, 15) is 9.59 Å². The molecule has 0 spiro atoms.